The Bertz CT molecular complexity index is 592. The highest BCUT2D eigenvalue weighted by Crippen LogP contribution is 2.25. The fourth-order valence-corrected chi connectivity index (χ4v) is 2.75. The van der Waals surface area contributed by atoms with Crippen molar-refractivity contribution < 1.29 is 4.74 Å². The first-order valence-corrected chi connectivity index (χ1v) is 7.51. The molecule has 0 amide bonds. The first-order chi connectivity index (χ1) is 10.3. The van der Waals surface area contributed by atoms with Crippen LogP contribution in [0.5, 0.6) is 0 Å². The van der Waals surface area contributed by atoms with Crippen molar-refractivity contribution >= 4 is 22.8 Å². The summed E-state index contributed by atoms with van der Waals surface area (Å²) in [6.45, 7) is 5.54. The van der Waals surface area contributed by atoms with E-state index in [1.165, 1.54) is 0 Å². The minimum absolute atomic E-state index is 0.642. The Kier molecular flexibility index (Phi) is 4.19. The number of hydrogen-bond donors (Lipinski definition) is 2. The molecule has 0 aromatic carbocycles. The van der Waals surface area contributed by atoms with E-state index in [-0.39, 0.29) is 0 Å². The smallest absolute Gasteiger partial charge is 0.226 e. The number of ether oxygens (including phenoxy) is 1. The minimum atomic E-state index is 0.642. The Labute approximate surface area is 124 Å². The summed E-state index contributed by atoms with van der Waals surface area (Å²) >= 11 is 0. The molecular formula is C14H22N6O. The first kappa shape index (κ1) is 14.1. The number of H-pyrrole nitrogens is 1. The Balaban J connectivity index is 1.84. The van der Waals surface area contributed by atoms with Crippen molar-refractivity contribution in [3.63, 3.8) is 0 Å². The molecule has 0 aliphatic carbocycles. The topological polar surface area (TPSA) is 79.0 Å². The fraction of sp³-hybridized carbons (Fsp3) is 0.643. The maximum absolute atomic E-state index is 5.43. The van der Waals surface area contributed by atoms with Crippen LogP contribution in [0.1, 0.15) is 19.8 Å². The SMILES string of the molecule is CCNc1nc(N(C)CC2CCOCC2)c2cn[nH]c2n1. The van der Waals surface area contributed by atoms with Gasteiger partial charge in [-0.05, 0) is 25.7 Å². The van der Waals surface area contributed by atoms with Crippen LogP contribution in [0.2, 0.25) is 0 Å². The van der Waals surface area contributed by atoms with Crippen LogP contribution in [-0.4, -0.2) is 53.5 Å². The molecule has 0 unspecified atom stereocenters. The van der Waals surface area contributed by atoms with Crippen molar-refractivity contribution in [2.45, 2.75) is 19.8 Å². The fourth-order valence-electron chi connectivity index (χ4n) is 2.75. The molecule has 3 heterocycles. The van der Waals surface area contributed by atoms with Crippen LogP contribution in [-0.2, 0) is 4.74 Å². The largest absolute Gasteiger partial charge is 0.381 e. The molecule has 1 aliphatic heterocycles. The van der Waals surface area contributed by atoms with Crippen molar-refractivity contribution in [3.8, 4) is 0 Å². The third kappa shape index (κ3) is 3.07. The average Bonchev–Trinajstić information content (AvgIpc) is 2.96. The molecule has 1 fully saturated rings. The van der Waals surface area contributed by atoms with E-state index in [0.29, 0.717) is 11.9 Å². The molecule has 2 N–H and O–H groups in total. The van der Waals surface area contributed by atoms with E-state index in [1.54, 1.807) is 6.20 Å². The number of aromatic nitrogens is 4. The summed E-state index contributed by atoms with van der Waals surface area (Å²) in [6, 6.07) is 0. The van der Waals surface area contributed by atoms with Gasteiger partial charge in [0.05, 0.1) is 11.6 Å². The number of nitrogens with zero attached hydrogens (tertiary/aromatic N) is 4. The van der Waals surface area contributed by atoms with Gasteiger partial charge >= 0.3 is 0 Å². The van der Waals surface area contributed by atoms with Crippen LogP contribution >= 0.6 is 0 Å². The van der Waals surface area contributed by atoms with Crippen LogP contribution in [0, 0.1) is 5.92 Å². The number of hydrogen-bond acceptors (Lipinski definition) is 6. The molecular weight excluding hydrogens is 268 g/mol. The van der Waals surface area contributed by atoms with Crippen molar-refractivity contribution in [2.24, 2.45) is 5.92 Å². The van der Waals surface area contributed by atoms with E-state index >= 15 is 0 Å². The second-order valence-corrected chi connectivity index (χ2v) is 5.47. The van der Waals surface area contributed by atoms with Gasteiger partial charge in [-0.2, -0.15) is 15.1 Å². The molecule has 0 atom stereocenters. The lowest BCUT2D eigenvalue weighted by Gasteiger charge is -2.28. The lowest BCUT2D eigenvalue weighted by molar-refractivity contribution is 0.0685. The molecule has 21 heavy (non-hydrogen) atoms. The zero-order chi connectivity index (χ0) is 14.7. The van der Waals surface area contributed by atoms with Gasteiger partial charge in [0, 0.05) is 33.4 Å². The number of nitrogens with one attached hydrogen (secondary N) is 2. The van der Waals surface area contributed by atoms with E-state index < -0.39 is 0 Å². The summed E-state index contributed by atoms with van der Waals surface area (Å²) in [5, 5.41) is 11.2. The maximum Gasteiger partial charge on any atom is 0.226 e. The molecule has 7 nitrogen and oxygen atoms in total. The Morgan fingerprint density at radius 3 is 2.95 bits per heavy atom. The van der Waals surface area contributed by atoms with Gasteiger partial charge in [-0.3, -0.25) is 5.10 Å². The van der Waals surface area contributed by atoms with E-state index in [4.69, 9.17) is 4.74 Å². The molecule has 1 saturated heterocycles. The zero-order valence-corrected chi connectivity index (χ0v) is 12.6. The van der Waals surface area contributed by atoms with Gasteiger partial charge < -0.3 is 15.0 Å². The molecule has 0 spiro atoms. The van der Waals surface area contributed by atoms with Crippen molar-refractivity contribution in [1.29, 1.82) is 0 Å². The monoisotopic (exact) mass is 290 g/mol. The van der Waals surface area contributed by atoms with Crippen LogP contribution in [0.15, 0.2) is 6.20 Å². The molecule has 2 aromatic heterocycles. The lowest BCUT2D eigenvalue weighted by Crippen LogP contribution is -2.30. The maximum atomic E-state index is 5.43. The Morgan fingerprint density at radius 2 is 2.19 bits per heavy atom. The minimum Gasteiger partial charge on any atom is -0.381 e. The summed E-state index contributed by atoms with van der Waals surface area (Å²) in [7, 11) is 2.08. The summed E-state index contributed by atoms with van der Waals surface area (Å²) in [6.07, 6.45) is 4.02. The normalized spacial score (nSPS) is 16.3. The van der Waals surface area contributed by atoms with Crippen LogP contribution in [0.3, 0.4) is 0 Å². The van der Waals surface area contributed by atoms with Gasteiger partial charge in [0.15, 0.2) is 5.65 Å². The predicted octanol–water partition coefficient (Wildman–Crippen LogP) is 1.65. The van der Waals surface area contributed by atoms with E-state index in [9.17, 15) is 0 Å². The number of fused-ring (bicyclic) bond motifs is 1. The van der Waals surface area contributed by atoms with Crippen LogP contribution in [0.25, 0.3) is 11.0 Å². The predicted molar refractivity (Wildman–Crippen MR) is 82.7 cm³/mol. The summed E-state index contributed by atoms with van der Waals surface area (Å²) < 4.78 is 5.43. The van der Waals surface area contributed by atoms with Crippen LogP contribution in [0.4, 0.5) is 11.8 Å². The van der Waals surface area contributed by atoms with Gasteiger partial charge in [-0.25, -0.2) is 0 Å². The molecule has 0 bridgehead atoms. The first-order valence-electron chi connectivity index (χ1n) is 7.51. The lowest BCUT2D eigenvalue weighted by atomic mass is 10.00. The molecule has 3 rings (SSSR count). The van der Waals surface area contributed by atoms with E-state index in [1.807, 2.05) is 6.92 Å². The van der Waals surface area contributed by atoms with Crippen molar-refractivity contribution in [2.75, 3.05) is 43.6 Å². The highest BCUT2D eigenvalue weighted by atomic mass is 16.5. The highest BCUT2D eigenvalue weighted by molar-refractivity contribution is 5.87. The third-order valence-corrected chi connectivity index (χ3v) is 3.86. The number of aromatic amines is 1. The second-order valence-electron chi connectivity index (χ2n) is 5.47. The van der Waals surface area contributed by atoms with Gasteiger partial charge in [0.1, 0.15) is 5.82 Å². The zero-order valence-electron chi connectivity index (χ0n) is 12.6. The van der Waals surface area contributed by atoms with Crippen LogP contribution < -0.4 is 10.2 Å². The van der Waals surface area contributed by atoms with Gasteiger partial charge in [-0.15, -0.1) is 0 Å². The average molecular weight is 290 g/mol. The van der Waals surface area contributed by atoms with Crippen molar-refractivity contribution in [1.82, 2.24) is 20.2 Å². The second kappa shape index (κ2) is 6.26. The number of rotatable bonds is 5. The molecule has 7 heteroatoms. The number of anilines is 2. The summed E-state index contributed by atoms with van der Waals surface area (Å²) in [5.41, 5.74) is 0.773. The highest BCUT2D eigenvalue weighted by Gasteiger charge is 2.19. The van der Waals surface area contributed by atoms with E-state index in [0.717, 1.165) is 56.0 Å². The van der Waals surface area contributed by atoms with Gasteiger partial charge in [0.2, 0.25) is 5.95 Å². The quantitative estimate of drug-likeness (QED) is 0.871. The van der Waals surface area contributed by atoms with Gasteiger partial charge in [0.25, 0.3) is 0 Å². The third-order valence-electron chi connectivity index (χ3n) is 3.86. The summed E-state index contributed by atoms with van der Waals surface area (Å²) in [5.74, 6) is 2.22. The van der Waals surface area contributed by atoms with E-state index in [2.05, 4.69) is 37.4 Å². The Hall–Kier alpha value is -1.89. The molecule has 114 valence electrons. The molecule has 0 saturated carbocycles. The molecule has 1 aliphatic rings. The standard InChI is InChI=1S/C14H22N6O/c1-3-15-14-17-12-11(8-16-19-12)13(18-14)20(2)9-10-4-6-21-7-5-10/h8,10H,3-7,9H2,1-2H3,(H2,15,16,17,18,19). The van der Waals surface area contributed by atoms with Crippen molar-refractivity contribution in [3.05, 3.63) is 6.20 Å². The summed E-state index contributed by atoms with van der Waals surface area (Å²) in [4.78, 5) is 11.3. The Morgan fingerprint density at radius 1 is 1.38 bits per heavy atom. The molecule has 2 aromatic rings. The molecule has 0 radical (unpaired) electrons. The van der Waals surface area contributed by atoms with Gasteiger partial charge in [-0.1, -0.05) is 0 Å².